The highest BCUT2D eigenvalue weighted by atomic mass is 32.2. The van der Waals surface area contributed by atoms with Crippen LogP contribution in [-0.4, -0.2) is 16.1 Å². The molecule has 0 radical (unpaired) electrons. The number of hydrogen-bond donors (Lipinski definition) is 1. The van der Waals surface area contributed by atoms with Crippen LogP contribution in [0.15, 0.2) is 47.5 Å². The summed E-state index contributed by atoms with van der Waals surface area (Å²) in [7, 11) is 0. The predicted octanol–water partition coefficient (Wildman–Crippen LogP) is 4.09. The highest BCUT2D eigenvalue weighted by Crippen LogP contribution is 2.31. The third kappa shape index (κ3) is 3.48. The number of carbonyl (C=O) groups is 2. The summed E-state index contributed by atoms with van der Waals surface area (Å²) in [5, 5.41) is 1.71. The fourth-order valence-electron chi connectivity index (χ4n) is 2.10. The van der Waals surface area contributed by atoms with Crippen molar-refractivity contribution in [3.63, 3.8) is 0 Å². The molecule has 0 spiro atoms. The van der Waals surface area contributed by atoms with E-state index < -0.39 is 22.9 Å². The maximum absolute atomic E-state index is 12.6. The molecule has 2 heterocycles. The van der Waals surface area contributed by atoms with Gasteiger partial charge in [0.05, 0.1) is 16.2 Å². The maximum atomic E-state index is 12.6. The number of benzene rings is 1. The molecule has 2 amide bonds. The van der Waals surface area contributed by atoms with Crippen LogP contribution in [0.3, 0.4) is 0 Å². The van der Waals surface area contributed by atoms with Gasteiger partial charge in [-0.05, 0) is 47.7 Å². The Morgan fingerprint density at radius 1 is 1.08 bits per heavy atom. The molecular weight excluding hydrogens is 341 g/mol. The van der Waals surface area contributed by atoms with E-state index >= 15 is 0 Å². The summed E-state index contributed by atoms with van der Waals surface area (Å²) >= 11 is 0.791. The lowest BCUT2D eigenvalue weighted by Crippen LogP contribution is -2.17. The second-order valence-electron chi connectivity index (χ2n) is 4.90. The van der Waals surface area contributed by atoms with Gasteiger partial charge in [-0.15, -0.1) is 0 Å². The average molecular weight is 350 g/mol. The van der Waals surface area contributed by atoms with E-state index in [9.17, 15) is 22.8 Å². The molecule has 1 saturated heterocycles. The fraction of sp³-hybridized carbons (Fsp3) is 0.0625. The van der Waals surface area contributed by atoms with E-state index in [0.29, 0.717) is 16.8 Å². The van der Waals surface area contributed by atoms with Gasteiger partial charge in [0.1, 0.15) is 0 Å². The van der Waals surface area contributed by atoms with Crippen molar-refractivity contribution in [2.24, 2.45) is 0 Å². The zero-order valence-corrected chi connectivity index (χ0v) is 12.7. The second kappa shape index (κ2) is 6.12. The van der Waals surface area contributed by atoms with Gasteiger partial charge in [0, 0.05) is 11.8 Å². The molecule has 1 aromatic heterocycles. The molecular formula is C16H9F3N2O2S. The SMILES string of the molecule is O=C1NC(=O)/C(=C/c2ccnc(-c3ccc(C(F)(F)F)cc3)c2)S1. The van der Waals surface area contributed by atoms with E-state index in [0.717, 1.165) is 23.9 Å². The van der Waals surface area contributed by atoms with Gasteiger partial charge in [-0.1, -0.05) is 12.1 Å². The van der Waals surface area contributed by atoms with E-state index in [2.05, 4.69) is 10.3 Å². The van der Waals surface area contributed by atoms with Crippen molar-refractivity contribution < 1.29 is 22.8 Å². The van der Waals surface area contributed by atoms with Gasteiger partial charge in [-0.3, -0.25) is 19.9 Å². The van der Waals surface area contributed by atoms with E-state index in [1.807, 2.05) is 0 Å². The summed E-state index contributed by atoms with van der Waals surface area (Å²) in [6.07, 6.45) is -1.38. The molecule has 3 rings (SSSR count). The van der Waals surface area contributed by atoms with Gasteiger partial charge in [-0.25, -0.2) is 0 Å². The molecule has 1 aliphatic heterocycles. The van der Waals surface area contributed by atoms with Crippen molar-refractivity contribution in [2.45, 2.75) is 6.18 Å². The molecule has 122 valence electrons. The van der Waals surface area contributed by atoms with Gasteiger partial charge >= 0.3 is 6.18 Å². The Hall–Kier alpha value is -2.61. The van der Waals surface area contributed by atoms with E-state index in [1.54, 1.807) is 12.1 Å². The molecule has 24 heavy (non-hydrogen) atoms. The normalized spacial score (nSPS) is 16.5. The Kier molecular flexibility index (Phi) is 4.15. The number of pyridine rings is 1. The molecule has 4 nitrogen and oxygen atoms in total. The van der Waals surface area contributed by atoms with Crippen LogP contribution in [0.1, 0.15) is 11.1 Å². The first kappa shape index (κ1) is 16.3. The molecule has 0 atom stereocenters. The molecule has 1 aliphatic rings. The van der Waals surface area contributed by atoms with Crippen LogP contribution in [0.25, 0.3) is 17.3 Å². The van der Waals surface area contributed by atoms with Crippen LogP contribution in [-0.2, 0) is 11.0 Å². The second-order valence-corrected chi connectivity index (χ2v) is 5.92. The molecule has 1 fully saturated rings. The Balaban J connectivity index is 1.90. The first-order valence-electron chi connectivity index (χ1n) is 6.71. The van der Waals surface area contributed by atoms with E-state index in [4.69, 9.17) is 0 Å². The summed E-state index contributed by atoms with van der Waals surface area (Å²) in [5.74, 6) is -0.474. The molecule has 8 heteroatoms. The highest BCUT2D eigenvalue weighted by Gasteiger charge is 2.30. The number of hydrogen-bond acceptors (Lipinski definition) is 4. The minimum absolute atomic E-state index is 0.254. The summed E-state index contributed by atoms with van der Waals surface area (Å²) in [6, 6.07) is 7.91. The molecule has 0 bridgehead atoms. The summed E-state index contributed by atoms with van der Waals surface area (Å²) in [5.41, 5.74) is 0.866. The number of rotatable bonds is 2. The molecule has 1 aromatic carbocycles. The van der Waals surface area contributed by atoms with Crippen molar-refractivity contribution in [2.75, 3.05) is 0 Å². The predicted molar refractivity (Wildman–Crippen MR) is 83.8 cm³/mol. The van der Waals surface area contributed by atoms with Crippen LogP contribution >= 0.6 is 11.8 Å². The zero-order chi connectivity index (χ0) is 17.3. The largest absolute Gasteiger partial charge is 0.416 e. The van der Waals surface area contributed by atoms with Gasteiger partial charge < -0.3 is 0 Å². The summed E-state index contributed by atoms with van der Waals surface area (Å²) < 4.78 is 37.8. The van der Waals surface area contributed by atoms with Gasteiger partial charge in [0.15, 0.2) is 0 Å². The fourth-order valence-corrected chi connectivity index (χ4v) is 2.78. The van der Waals surface area contributed by atoms with Crippen LogP contribution < -0.4 is 5.32 Å². The zero-order valence-electron chi connectivity index (χ0n) is 11.9. The van der Waals surface area contributed by atoms with Crippen molar-refractivity contribution in [3.8, 4) is 11.3 Å². The van der Waals surface area contributed by atoms with Crippen LogP contribution in [0, 0.1) is 0 Å². The van der Waals surface area contributed by atoms with Gasteiger partial charge in [-0.2, -0.15) is 13.2 Å². The van der Waals surface area contributed by atoms with Crippen LogP contribution in [0.4, 0.5) is 18.0 Å². The van der Waals surface area contributed by atoms with Crippen LogP contribution in [0.5, 0.6) is 0 Å². The number of halogens is 3. The third-order valence-corrected chi connectivity index (χ3v) is 4.04. The quantitative estimate of drug-likeness (QED) is 0.829. The van der Waals surface area contributed by atoms with Crippen molar-refractivity contribution >= 4 is 29.0 Å². The number of amides is 2. The first-order chi connectivity index (χ1) is 11.3. The Bertz CT molecular complexity index is 845. The van der Waals surface area contributed by atoms with E-state index in [-0.39, 0.29) is 4.91 Å². The standard InChI is InChI=1S/C16H9F3N2O2S/c17-16(18,19)11-3-1-10(2-4-11)12-7-9(5-6-20-12)8-13-14(22)21-15(23)24-13/h1-8H,(H,21,22,23)/b13-8-. The van der Waals surface area contributed by atoms with Crippen molar-refractivity contribution in [1.82, 2.24) is 10.3 Å². The number of aromatic nitrogens is 1. The Morgan fingerprint density at radius 3 is 2.38 bits per heavy atom. The van der Waals surface area contributed by atoms with Gasteiger partial charge in [0.25, 0.3) is 11.1 Å². The summed E-state index contributed by atoms with van der Waals surface area (Å²) in [6.45, 7) is 0. The number of nitrogens with zero attached hydrogens (tertiary/aromatic N) is 1. The lowest BCUT2D eigenvalue weighted by atomic mass is 10.1. The summed E-state index contributed by atoms with van der Waals surface area (Å²) in [4.78, 5) is 27.1. The number of nitrogens with one attached hydrogen (secondary N) is 1. The molecule has 1 N–H and O–H groups in total. The minimum Gasteiger partial charge on any atom is -0.282 e. The van der Waals surface area contributed by atoms with Crippen molar-refractivity contribution in [1.29, 1.82) is 0 Å². The maximum Gasteiger partial charge on any atom is 0.416 e. The lowest BCUT2D eigenvalue weighted by molar-refractivity contribution is -0.137. The topological polar surface area (TPSA) is 59.1 Å². The monoisotopic (exact) mass is 350 g/mol. The molecule has 2 aromatic rings. The molecule has 0 aliphatic carbocycles. The number of alkyl halides is 3. The Labute approximate surface area is 138 Å². The highest BCUT2D eigenvalue weighted by molar-refractivity contribution is 8.18. The lowest BCUT2D eigenvalue weighted by Gasteiger charge is -2.07. The van der Waals surface area contributed by atoms with Crippen LogP contribution in [0.2, 0.25) is 0 Å². The number of imide groups is 1. The molecule has 0 unspecified atom stereocenters. The van der Waals surface area contributed by atoms with E-state index in [1.165, 1.54) is 24.4 Å². The smallest absolute Gasteiger partial charge is 0.282 e. The molecule has 0 saturated carbocycles. The average Bonchev–Trinajstić information content (AvgIpc) is 2.84. The van der Waals surface area contributed by atoms with Crippen molar-refractivity contribution in [3.05, 3.63) is 58.6 Å². The first-order valence-corrected chi connectivity index (χ1v) is 7.53. The Morgan fingerprint density at radius 2 is 1.79 bits per heavy atom. The number of thioether (sulfide) groups is 1. The third-order valence-electron chi connectivity index (χ3n) is 3.23. The minimum atomic E-state index is -4.39. The number of carbonyl (C=O) groups excluding carboxylic acids is 2. The van der Waals surface area contributed by atoms with Gasteiger partial charge in [0.2, 0.25) is 0 Å².